The molecule has 1 atom stereocenters. The van der Waals surface area contributed by atoms with Crippen molar-refractivity contribution in [3.63, 3.8) is 0 Å². The summed E-state index contributed by atoms with van der Waals surface area (Å²) in [5, 5.41) is 0. The van der Waals surface area contributed by atoms with Crippen molar-refractivity contribution in [2.75, 3.05) is 13.2 Å². The van der Waals surface area contributed by atoms with Gasteiger partial charge in [0.1, 0.15) is 13.2 Å². The van der Waals surface area contributed by atoms with Gasteiger partial charge < -0.3 is 14.2 Å². The zero-order valence-corrected chi connectivity index (χ0v) is 47.1. The number of hydrogen-bond acceptors (Lipinski definition) is 6. The van der Waals surface area contributed by atoms with Gasteiger partial charge in [0, 0.05) is 19.3 Å². The lowest BCUT2D eigenvalue weighted by Crippen LogP contribution is -2.30. The van der Waals surface area contributed by atoms with E-state index in [0.717, 1.165) is 148 Å². The van der Waals surface area contributed by atoms with E-state index >= 15 is 0 Å². The highest BCUT2D eigenvalue weighted by molar-refractivity contribution is 5.71. The zero-order chi connectivity index (χ0) is 52.9. The number of unbranched alkanes of at least 4 members (excludes halogenated alkanes) is 19. The monoisotopic (exact) mass is 1010 g/mol. The van der Waals surface area contributed by atoms with Crippen LogP contribution in [0.3, 0.4) is 0 Å². The lowest BCUT2D eigenvalue weighted by atomic mass is 10.1. The normalized spacial score (nSPS) is 13.1. The Bertz CT molecular complexity index is 1580. The highest BCUT2D eigenvalue weighted by atomic mass is 16.6. The van der Waals surface area contributed by atoms with Crippen LogP contribution in [-0.4, -0.2) is 37.2 Å². The molecule has 0 N–H and O–H groups in total. The lowest BCUT2D eigenvalue weighted by Gasteiger charge is -2.18. The van der Waals surface area contributed by atoms with Crippen molar-refractivity contribution >= 4 is 17.9 Å². The van der Waals surface area contributed by atoms with E-state index in [4.69, 9.17) is 14.2 Å². The molecule has 0 aromatic heterocycles. The molecule has 1 unspecified atom stereocenters. The van der Waals surface area contributed by atoms with Crippen LogP contribution >= 0.6 is 0 Å². The maximum absolute atomic E-state index is 12.8. The average molecular weight is 1010 g/mol. The van der Waals surface area contributed by atoms with Crippen molar-refractivity contribution in [3.05, 3.63) is 134 Å². The maximum Gasteiger partial charge on any atom is 0.306 e. The fourth-order valence-corrected chi connectivity index (χ4v) is 7.71. The minimum atomic E-state index is -0.802. The summed E-state index contributed by atoms with van der Waals surface area (Å²) in [6.45, 7) is 6.32. The van der Waals surface area contributed by atoms with Crippen LogP contribution in [0.25, 0.3) is 0 Å². The first-order chi connectivity index (χ1) is 36.0. The van der Waals surface area contributed by atoms with Gasteiger partial charge in [0.15, 0.2) is 6.10 Å². The van der Waals surface area contributed by atoms with Crippen LogP contribution in [0.1, 0.15) is 252 Å². The molecule has 0 aromatic rings. The predicted molar refractivity (Wildman–Crippen MR) is 316 cm³/mol. The lowest BCUT2D eigenvalue weighted by molar-refractivity contribution is -0.167. The van der Waals surface area contributed by atoms with Crippen LogP contribution in [0.15, 0.2) is 134 Å². The van der Waals surface area contributed by atoms with E-state index < -0.39 is 6.10 Å². The predicted octanol–water partition coefficient (Wildman–Crippen LogP) is 20.2. The van der Waals surface area contributed by atoms with Gasteiger partial charge in [-0.2, -0.15) is 0 Å². The molecule has 0 rings (SSSR count). The van der Waals surface area contributed by atoms with Crippen molar-refractivity contribution in [1.82, 2.24) is 0 Å². The Morgan fingerprint density at radius 2 is 0.534 bits per heavy atom. The molecule has 412 valence electrons. The Morgan fingerprint density at radius 3 is 0.863 bits per heavy atom. The molecule has 0 radical (unpaired) electrons. The van der Waals surface area contributed by atoms with Crippen LogP contribution in [0, 0.1) is 0 Å². The minimum Gasteiger partial charge on any atom is -0.462 e. The third-order valence-electron chi connectivity index (χ3n) is 12.1. The topological polar surface area (TPSA) is 78.9 Å². The number of carbonyl (C=O) groups is 3. The van der Waals surface area contributed by atoms with Gasteiger partial charge in [-0.3, -0.25) is 14.4 Å². The summed E-state index contributed by atoms with van der Waals surface area (Å²) >= 11 is 0. The van der Waals surface area contributed by atoms with Crippen LogP contribution in [0.4, 0.5) is 0 Å². The fraction of sp³-hybridized carbons (Fsp3) is 0.627. The Balaban J connectivity index is 4.25. The van der Waals surface area contributed by atoms with E-state index in [2.05, 4.69) is 154 Å². The van der Waals surface area contributed by atoms with E-state index in [-0.39, 0.29) is 37.5 Å². The molecule has 0 aliphatic heterocycles. The van der Waals surface area contributed by atoms with E-state index in [0.29, 0.717) is 12.8 Å². The van der Waals surface area contributed by atoms with Crippen molar-refractivity contribution < 1.29 is 28.6 Å². The molecule has 0 aliphatic rings. The smallest absolute Gasteiger partial charge is 0.306 e. The van der Waals surface area contributed by atoms with Gasteiger partial charge in [-0.25, -0.2) is 0 Å². The number of ether oxygens (including phenoxy) is 3. The van der Waals surface area contributed by atoms with Gasteiger partial charge in [-0.1, -0.05) is 238 Å². The van der Waals surface area contributed by atoms with Crippen molar-refractivity contribution in [3.8, 4) is 0 Å². The fourth-order valence-electron chi connectivity index (χ4n) is 7.71. The van der Waals surface area contributed by atoms with Crippen LogP contribution < -0.4 is 0 Å². The van der Waals surface area contributed by atoms with E-state index in [1.165, 1.54) is 64.2 Å². The molecular formula is C67H108O6. The summed E-state index contributed by atoms with van der Waals surface area (Å²) in [7, 11) is 0. The zero-order valence-electron chi connectivity index (χ0n) is 47.1. The molecule has 0 aliphatic carbocycles. The maximum atomic E-state index is 12.8. The molecule has 0 saturated carbocycles. The third-order valence-corrected chi connectivity index (χ3v) is 12.1. The summed E-state index contributed by atoms with van der Waals surface area (Å²) in [4.78, 5) is 38.1. The second-order valence-corrected chi connectivity index (χ2v) is 19.1. The number of esters is 3. The molecule has 6 nitrogen and oxygen atoms in total. The average Bonchev–Trinajstić information content (AvgIpc) is 3.39. The summed E-state index contributed by atoms with van der Waals surface area (Å²) in [5.74, 6) is -0.949. The van der Waals surface area contributed by atoms with Crippen LogP contribution in [0.5, 0.6) is 0 Å². The molecule has 0 aromatic carbocycles. The van der Waals surface area contributed by atoms with Crippen molar-refractivity contribution in [2.45, 2.75) is 258 Å². The van der Waals surface area contributed by atoms with Gasteiger partial charge in [-0.05, 0) is 128 Å². The number of hydrogen-bond donors (Lipinski definition) is 0. The largest absolute Gasteiger partial charge is 0.462 e. The molecule has 0 amide bonds. The Labute approximate surface area is 449 Å². The number of carbonyl (C=O) groups excluding carboxylic acids is 3. The molecule has 0 fully saturated rings. The Kier molecular flexibility index (Phi) is 56.4. The Hall–Kier alpha value is -4.45. The summed E-state index contributed by atoms with van der Waals surface area (Å²) in [6, 6.07) is 0. The first kappa shape index (κ1) is 68.6. The van der Waals surface area contributed by atoms with Gasteiger partial charge in [0.25, 0.3) is 0 Å². The summed E-state index contributed by atoms with van der Waals surface area (Å²) < 4.78 is 16.8. The minimum absolute atomic E-state index is 0.0991. The molecule has 73 heavy (non-hydrogen) atoms. The van der Waals surface area contributed by atoms with Crippen molar-refractivity contribution in [2.24, 2.45) is 0 Å². The first-order valence-electron chi connectivity index (χ1n) is 29.7. The van der Waals surface area contributed by atoms with Crippen LogP contribution in [-0.2, 0) is 28.6 Å². The van der Waals surface area contributed by atoms with Crippen LogP contribution in [0.2, 0.25) is 0 Å². The van der Waals surface area contributed by atoms with E-state index in [1.54, 1.807) is 0 Å². The quantitative estimate of drug-likeness (QED) is 0.0261. The van der Waals surface area contributed by atoms with Gasteiger partial charge >= 0.3 is 17.9 Å². The van der Waals surface area contributed by atoms with Gasteiger partial charge in [0.2, 0.25) is 0 Å². The van der Waals surface area contributed by atoms with E-state index in [1.807, 2.05) is 0 Å². The summed E-state index contributed by atoms with van der Waals surface area (Å²) in [5.41, 5.74) is 0. The second-order valence-electron chi connectivity index (χ2n) is 19.1. The molecule has 0 bridgehead atoms. The first-order valence-corrected chi connectivity index (χ1v) is 29.7. The third kappa shape index (κ3) is 58.3. The highest BCUT2D eigenvalue weighted by Crippen LogP contribution is 2.14. The molecular weight excluding hydrogens is 901 g/mol. The standard InChI is InChI=1S/C67H108O6/c1-4-7-10-13-16-19-22-24-25-26-27-28-29-30-31-32-33-34-35-36-37-38-39-40-41-43-45-48-51-54-57-60-66(69)72-63-64(62-71-65(68)59-56-53-50-47-44-21-18-15-12-9-6-3)73-67(70)61-58-55-52-49-46-42-23-20-17-14-11-8-5-2/h7-8,10-11,15-20,24-25,27-28,30-31,33-34,36-37,42,46,64H,4-6,9,12-14,21-23,26,29,32,35,38-41,43-45,47-63H2,1-3H3/b10-7-,11-8-,18-15-,19-16-,20-17-,25-24-,28-27-,31-30-,34-33-,37-36-,46-42-. The SMILES string of the molecule is CC/C=C\C/C=C\C/C=C\C/C=C\C/C=C\C/C=C\C/C=C\CCCCCCCCCCCC(=O)OCC(COC(=O)CCCCCCC/C=C\CCCC)OC(=O)CCCCC/C=C\C/C=C\C/C=C\CC. The molecule has 0 saturated heterocycles. The molecule has 6 heteroatoms. The second kappa shape index (κ2) is 60.1. The molecule has 0 spiro atoms. The van der Waals surface area contributed by atoms with Crippen molar-refractivity contribution in [1.29, 1.82) is 0 Å². The highest BCUT2D eigenvalue weighted by Gasteiger charge is 2.19. The Morgan fingerprint density at radius 1 is 0.288 bits per heavy atom. The summed E-state index contributed by atoms with van der Waals surface area (Å²) in [6.07, 6.45) is 84.6. The molecule has 0 heterocycles. The van der Waals surface area contributed by atoms with E-state index in [9.17, 15) is 14.4 Å². The number of allylic oxidation sites excluding steroid dienone is 22. The van der Waals surface area contributed by atoms with Gasteiger partial charge in [0.05, 0.1) is 0 Å². The van der Waals surface area contributed by atoms with Gasteiger partial charge in [-0.15, -0.1) is 0 Å². The number of rotatable bonds is 52.